The minimum absolute atomic E-state index is 0. The Morgan fingerprint density at radius 1 is 1.26 bits per heavy atom. The van der Waals surface area contributed by atoms with E-state index in [-0.39, 0.29) is 41.9 Å². The number of primary amides is 1. The van der Waals surface area contributed by atoms with Crippen LogP contribution in [-0.2, 0) is 4.79 Å². The zero-order chi connectivity index (χ0) is 21.8. The second-order valence-corrected chi connectivity index (χ2v) is 8.19. The quantitative estimate of drug-likeness (QED) is 0.166. The van der Waals surface area contributed by atoms with Crippen molar-refractivity contribution in [3.8, 4) is 5.75 Å². The van der Waals surface area contributed by atoms with Crippen LogP contribution in [0, 0.1) is 5.92 Å². The average Bonchev–Trinajstić information content (AvgIpc) is 2.73. The van der Waals surface area contributed by atoms with Gasteiger partial charge in [-0.1, -0.05) is 11.6 Å². The molecule has 1 atom stereocenters. The number of rotatable bonds is 11. The van der Waals surface area contributed by atoms with E-state index in [2.05, 4.69) is 27.4 Å². The maximum absolute atomic E-state index is 11.2. The topological polar surface area (TPSA) is 92.0 Å². The van der Waals surface area contributed by atoms with E-state index >= 15 is 0 Å². The summed E-state index contributed by atoms with van der Waals surface area (Å²) in [6, 6.07) is 7.36. The molecule has 1 saturated heterocycles. The molecule has 0 saturated carbocycles. The summed E-state index contributed by atoms with van der Waals surface area (Å²) < 4.78 is 5.87. The molecule has 1 amide bonds. The molecule has 0 aromatic heterocycles. The van der Waals surface area contributed by atoms with E-state index < -0.39 is 0 Å². The summed E-state index contributed by atoms with van der Waals surface area (Å²) >= 11 is 5.90. The molecule has 31 heavy (non-hydrogen) atoms. The summed E-state index contributed by atoms with van der Waals surface area (Å²) in [6.07, 6.45) is 3.92. The molecule has 9 heteroatoms. The van der Waals surface area contributed by atoms with Crippen LogP contribution < -0.4 is 21.1 Å². The van der Waals surface area contributed by atoms with Gasteiger partial charge in [0.05, 0.1) is 6.54 Å². The fourth-order valence-electron chi connectivity index (χ4n) is 3.45. The number of nitrogens with two attached hydrogens (primary N) is 1. The molecule has 4 N–H and O–H groups in total. The molecule has 0 radical (unpaired) electrons. The van der Waals surface area contributed by atoms with Crippen molar-refractivity contribution in [1.82, 2.24) is 15.5 Å². The Bertz CT molecular complexity index is 666. The van der Waals surface area contributed by atoms with Crippen molar-refractivity contribution in [2.24, 2.45) is 16.6 Å². The molecule has 1 heterocycles. The molecule has 0 aliphatic carbocycles. The monoisotopic (exact) mass is 565 g/mol. The molecule has 1 aliphatic heterocycles. The van der Waals surface area contributed by atoms with Crippen molar-refractivity contribution < 1.29 is 9.53 Å². The Kier molecular flexibility index (Phi) is 13.9. The van der Waals surface area contributed by atoms with Gasteiger partial charge >= 0.3 is 0 Å². The smallest absolute Gasteiger partial charge is 0.220 e. The molecule has 0 bridgehead atoms. The maximum Gasteiger partial charge on any atom is 0.220 e. The highest BCUT2D eigenvalue weighted by atomic mass is 127. The number of halogens is 2. The van der Waals surface area contributed by atoms with Crippen molar-refractivity contribution in [3.63, 3.8) is 0 Å². The second-order valence-electron chi connectivity index (χ2n) is 7.75. The predicted molar refractivity (Wildman–Crippen MR) is 139 cm³/mol. The van der Waals surface area contributed by atoms with Crippen LogP contribution in [0.5, 0.6) is 5.75 Å². The second kappa shape index (κ2) is 15.5. The van der Waals surface area contributed by atoms with Crippen LogP contribution in [0.4, 0.5) is 0 Å². The molecule has 1 aromatic rings. The normalized spacial score (nSPS) is 16.3. The highest BCUT2D eigenvalue weighted by molar-refractivity contribution is 14.0. The van der Waals surface area contributed by atoms with E-state index in [9.17, 15) is 4.79 Å². The van der Waals surface area contributed by atoms with Gasteiger partial charge in [0, 0.05) is 24.0 Å². The largest absolute Gasteiger partial charge is 0.489 e. The molecule has 2 rings (SSSR count). The van der Waals surface area contributed by atoms with Crippen LogP contribution in [0.3, 0.4) is 0 Å². The zero-order valence-corrected chi connectivity index (χ0v) is 21.7. The van der Waals surface area contributed by atoms with Gasteiger partial charge in [-0.05, 0) is 83.4 Å². The Morgan fingerprint density at radius 2 is 1.94 bits per heavy atom. The lowest BCUT2D eigenvalue weighted by molar-refractivity contribution is -0.123. The number of nitrogens with one attached hydrogen (secondary N) is 2. The number of hydrogen-bond acceptors (Lipinski definition) is 4. The molecule has 1 aromatic carbocycles. The number of guanidine groups is 1. The van der Waals surface area contributed by atoms with Gasteiger partial charge in [0.15, 0.2) is 5.96 Å². The van der Waals surface area contributed by atoms with Crippen LogP contribution in [-0.4, -0.2) is 62.1 Å². The number of likely N-dealkylation sites (tertiary alicyclic amines) is 1. The number of benzene rings is 1. The van der Waals surface area contributed by atoms with Gasteiger partial charge in [-0.2, -0.15) is 0 Å². The Morgan fingerprint density at radius 3 is 2.55 bits per heavy atom. The van der Waals surface area contributed by atoms with Crippen LogP contribution in [0.25, 0.3) is 0 Å². The van der Waals surface area contributed by atoms with Gasteiger partial charge in [-0.3, -0.25) is 4.79 Å². The summed E-state index contributed by atoms with van der Waals surface area (Å²) in [5.74, 6) is 1.51. The number of nitrogens with zero attached hydrogens (tertiary/aromatic N) is 2. The lowest BCUT2D eigenvalue weighted by Crippen LogP contribution is -2.40. The molecular formula is C22H37ClIN5O2. The number of ether oxygens (including phenoxy) is 1. The SMILES string of the molecule is CCNC(=NCC(C)Oc1ccc(Cl)cc1)NCCCCN1CCC(C(N)=O)CC1.I. The van der Waals surface area contributed by atoms with E-state index in [0.29, 0.717) is 11.6 Å². The zero-order valence-electron chi connectivity index (χ0n) is 18.6. The fraction of sp³-hybridized carbons (Fsp3) is 0.636. The molecule has 7 nitrogen and oxygen atoms in total. The van der Waals surface area contributed by atoms with E-state index in [1.165, 1.54) is 0 Å². The number of carbonyl (C=O) groups is 1. The lowest BCUT2D eigenvalue weighted by Gasteiger charge is -2.30. The third kappa shape index (κ3) is 11.2. The van der Waals surface area contributed by atoms with E-state index in [1.807, 2.05) is 31.2 Å². The highest BCUT2D eigenvalue weighted by Crippen LogP contribution is 2.17. The lowest BCUT2D eigenvalue weighted by atomic mass is 9.96. The third-order valence-corrected chi connectivity index (χ3v) is 5.44. The molecule has 1 fully saturated rings. The van der Waals surface area contributed by atoms with Crippen molar-refractivity contribution in [3.05, 3.63) is 29.3 Å². The average molecular weight is 566 g/mol. The molecular weight excluding hydrogens is 529 g/mol. The number of hydrogen-bond donors (Lipinski definition) is 3. The first kappa shape index (κ1) is 27.8. The molecule has 1 aliphatic rings. The number of piperidine rings is 1. The summed E-state index contributed by atoms with van der Waals surface area (Å²) in [5.41, 5.74) is 5.40. The van der Waals surface area contributed by atoms with Crippen LogP contribution >= 0.6 is 35.6 Å². The number of unbranched alkanes of at least 4 members (excludes halogenated alkanes) is 1. The van der Waals surface area contributed by atoms with Crippen LogP contribution in [0.15, 0.2) is 29.3 Å². The van der Waals surface area contributed by atoms with Gasteiger partial charge < -0.3 is 26.0 Å². The van der Waals surface area contributed by atoms with E-state index in [4.69, 9.17) is 22.1 Å². The Labute approximate surface area is 208 Å². The van der Waals surface area contributed by atoms with Crippen LogP contribution in [0.1, 0.15) is 39.5 Å². The Balaban J connectivity index is 0.00000480. The van der Waals surface area contributed by atoms with Crippen LogP contribution in [0.2, 0.25) is 5.02 Å². The van der Waals surface area contributed by atoms with Crippen molar-refractivity contribution in [1.29, 1.82) is 0 Å². The van der Waals surface area contributed by atoms with E-state index in [0.717, 1.165) is 70.1 Å². The Hall–Kier alpha value is -1.26. The first-order valence-corrected chi connectivity index (χ1v) is 11.3. The third-order valence-electron chi connectivity index (χ3n) is 5.19. The van der Waals surface area contributed by atoms with Gasteiger partial charge in [-0.15, -0.1) is 24.0 Å². The van der Waals surface area contributed by atoms with Crippen molar-refractivity contribution in [2.75, 3.05) is 39.3 Å². The summed E-state index contributed by atoms with van der Waals surface area (Å²) in [5, 5.41) is 7.37. The van der Waals surface area contributed by atoms with Gasteiger partial charge in [0.2, 0.25) is 5.91 Å². The number of aliphatic imine (C=N–C) groups is 1. The van der Waals surface area contributed by atoms with Crippen molar-refractivity contribution in [2.45, 2.75) is 45.6 Å². The standard InChI is InChI=1S/C22H36ClN5O2.HI/c1-3-25-22(27-16-17(2)30-20-8-6-19(23)7-9-20)26-12-4-5-13-28-14-10-18(11-15-28)21(24)29;/h6-9,17-18H,3-5,10-16H2,1-2H3,(H2,24,29)(H2,25,26,27);1H. The predicted octanol–water partition coefficient (Wildman–Crippen LogP) is 3.26. The molecule has 176 valence electrons. The van der Waals surface area contributed by atoms with E-state index in [1.54, 1.807) is 0 Å². The minimum Gasteiger partial charge on any atom is -0.489 e. The van der Waals surface area contributed by atoms with Gasteiger partial charge in [-0.25, -0.2) is 4.99 Å². The summed E-state index contributed by atoms with van der Waals surface area (Å²) in [6.45, 7) is 9.31. The fourth-order valence-corrected chi connectivity index (χ4v) is 3.58. The number of carbonyl (C=O) groups excluding carboxylic acids is 1. The first-order chi connectivity index (χ1) is 14.5. The summed E-state index contributed by atoms with van der Waals surface area (Å²) in [4.78, 5) is 18.3. The minimum atomic E-state index is -0.151. The maximum atomic E-state index is 11.2. The van der Waals surface area contributed by atoms with Gasteiger partial charge in [0.25, 0.3) is 0 Å². The van der Waals surface area contributed by atoms with Crippen molar-refractivity contribution >= 4 is 47.4 Å². The molecule has 1 unspecified atom stereocenters. The summed E-state index contributed by atoms with van der Waals surface area (Å²) in [7, 11) is 0. The van der Waals surface area contributed by atoms with Gasteiger partial charge in [0.1, 0.15) is 11.9 Å². The molecule has 0 spiro atoms. The first-order valence-electron chi connectivity index (χ1n) is 10.9. The highest BCUT2D eigenvalue weighted by Gasteiger charge is 2.22. The number of amides is 1.